The Kier molecular flexibility index (Phi) is 3.12. The van der Waals surface area contributed by atoms with Crippen molar-refractivity contribution >= 4 is 38.5 Å². The highest BCUT2D eigenvalue weighted by atomic mass is 32.1. The molecule has 0 bridgehead atoms. The van der Waals surface area contributed by atoms with Crippen LogP contribution in [0.3, 0.4) is 0 Å². The lowest BCUT2D eigenvalue weighted by molar-refractivity contribution is 0.0993. The zero-order chi connectivity index (χ0) is 13.4. The van der Waals surface area contributed by atoms with Crippen molar-refractivity contribution in [2.45, 2.75) is 13.3 Å². The van der Waals surface area contributed by atoms with Crippen LogP contribution in [0, 0.1) is 6.92 Å². The summed E-state index contributed by atoms with van der Waals surface area (Å²) in [7, 11) is 0. The van der Waals surface area contributed by atoms with Crippen LogP contribution in [0.5, 0.6) is 5.06 Å². The lowest BCUT2D eigenvalue weighted by atomic mass is 10.0. The molecule has 0 aliphatic heterocycles. The Hall–Kier alpha value is -1.65. The second-order valence-electron chi connectivity index (χ2n) is 4.41. The van der Waals surface area contributed by atoms with Crippen LogP contribution in [-0.2, 0) is 6.42 Å². The van der Waals surface area contributed by atoms with Crippen molar-refractivity contribution in [1.82, 2.24) is 0 Å². The summed E-state index contributed by atoms with van der Waals surface area (Å²) in [6, 6.07) is 9.63. The molecule has 4 heteroatoms. The summed E-state index contributed by atoms with van der Waals surface area (Å²) in [6.45, 7) is 2.00. The largest absolute Gasteiger partial charge is 0.499 e. The fourth-order valence-corrected chi connectivity index (χ4v) is 3.99. The molecule has 1 aromatic carbocycles. The number of aryl methyl sites for hydroxylation is 1. The second-order valence-corrected chi connectivity index (χ2v) is 6.44. The van der Waals surface area contributed by atoms with Gasteiger partial charge >= 0.3 is 0 Å². The maximum Gasteiger partial charge on any atom is 0.183 e. The molecule has 96 valence electrons. The Morgan fingerprint density at radius 2 is 2.05 bits per heavy atom. The smallest absolute Gasteiger partial charge is 0.183 e. The first kappa shape index (κ1) is 12.4. The third-order valence-corrected chi connectivity index (χ3v) is 5.14. The van der Waals surface area contributed by atoms with Crippen molar-refractivity contribution in [2.24, 2.45) is 0 Å². The van der Waals surface area contributed by atoms with Crippen molar-refractivity contribution in [3.8, 4) is 5.06 Å². The number of benzene rings is 1. The van der Waals surface area contributed by atoms with E-state index in [9.17, 15) is 9.90 Å². The molecule has 0 amide bonds. The van der Waals surface area contributed by atoms with Gasteiger partial charge in [0.05, 0.1) is 5.56 Å². The van der Waals surface area contributed by atoms with Gasteiger partial charge in [-0.05, 0) is 30.0 Å². The average molecular weight is 288 g/mol. The predicted octanol–water partition coefficient (Wildman–Crippen LogP) is 4.40. The van der Waals surface area contributed by atoms with E-state index in [1.807, 2.05) is 42.6 Å². The van der Waals surface area contributed by atoms with E-state index < -0.39 is 0 Å². The molecule has 2 aromatic heterocycles. The SMILES string of the molecule is Cc1ccsc1CC(=O)c1c(O)sc2ccccc12. The van der Waals surface area contributed by atoms with E-state index in [4.69, 9.17) is 0 Å². The van der Waals surface area contributed by atoms with Gasteiger partial charge in [0, 0.05) is 21.4 Å². The first-order valence-electron chi connectivity index (χ1n) is 5.93. The molecule has 2 nitrogen and oxygen atoms in total. The molecular weight excluding hydrogens is 276 g/mol. The number of aromatic hydroxyl groups is 1. The van der Waals surface area contributed by atoms with Gasteiger partial charge in [-0.15, -0.1) is 11.3 Å². The highest BCUT2D eigenvalue weighted by Crippen LogP contribution is 2.37. The van der Waals surface area contributed by atoms with Gasteiger partial charge in [0.2, 0.25) is 0 Å². The van der Waals surface area contributed by atoms with E-state index in [0.717, 1.165) is 20.5 Å². The molecule has 0 saturated heterocycles. The number of Topliss-reactive ketones (excluding diaryl/α,β-unsaturated/α-hetero) is 1. The molecule has 0 spiro atoms. The molecule has 0 fully saturated rings. The monoisotopic (exact) mass is 288 g/mol. The maximum absolute atomic E-state index is 12.4. The van der Waals surface area contributed by atoms with Gasteiger partial charge in [0.1, 0.15) is 0 Å². The summed E-state index contributed by atoms with van der Waals surface area (Å²) >= 11 is 2.85. The normalized spacial score (nSPS) is 11.0. The van der Waals surface area contributed by atoms with Crippen molar-refractivity contribution in [3.63, 3.8) is 0 Å². The van der Waals surface area contributed by atoms with E-state index in [-0.39, 0.29) is 10.8 Å². The standard InChI is InChI=1S/C15H12O2S2/c1-9-6-7-18-13(9)8-11(16)14-10-4-2-3-5-12(10)19-15(14)17/h2-7,17H,8H2,1H3. The molecule has 1 N–H and O–H groups in total. The van der Waals surface area contributed by atoms with Crippen LogP contribution in [0.15, 0.2) is 35.7 Å². The summed E-state index contributed by atoms with van der Waals surface area (Å²) in [5.74, 6) is -0.0134. The fraction of sp³-hybridized carbons (Fsp3) is 0.133. The van der Waals surface area contributed by atoms with Crippen LogP contribution in [0.2, 0.25) is 0 Å². The van der Waals surface area contributed by atoms with E-state index in [1.54, 1.807) is 11.3 Å². The Morgan fingerprint density at radius 3 is 2.79 bits per heavy atom. The molecule has 0 radical (unpaired) electrons. The van der Waals surface area contributed by atoms with Crippen molar-refractivity contribution in [1.29, 1.82) is 0 Å². The third kappa shape index (κ3) is 2.17. The molecule has 0 aliphatic carbocycles. The van der Waals surface area contributed by atoms with Crippen LogP contribution >= 0.6 is 22.7 Å². The minimum atomic E-state index is -0.0134. The highest BCUT2D eigenvalue weighted by Gasteiger charge is 2.19. The fourth-order valence-electron chi connectivity index (χ4n) is 2.12. The Labute approximate surface area is 119 Å². The summed E-state index contributed by atoms with van der Waals surface area (Å²) in [6.07, 6.45) is 0.359. The van der Waals surface area contributed by atoms with E-state index in [0.29, 0.717) is 12.0 Å². The number of ketones is 1. The van der Waals surface area contributed by atoms with Crippen molar-refractivity contribution in [3.05, 3.63) is 51.7 Å². The molecule has 3 aromatic rings. The van der Waals surface area contributed by atoms with Crippen molar-refractivity contribution < 1.29 is 9.90 Å². The number of carbonyl (C=O) groups is 1. The van der Waals surface area contributed by atoms with Crippen molar-refractivity contribution in [2.75, 3.05) is 0 Å². The van der Waals surface area contributed by atoms with Crippen LogP contribution in [0.1, 0.15) is 20.8 Å². The van der Waals surface area contributed by atoms with E-state index >= 15 is 0 Å². The minimum absolute atomic E-state index is 0.0134. The summed E-state index contributed by atoms with van der Waals surface area (Å²) in [5, 5.41) is 13.0. The number of fused-ring (bicyclic) bond motifs is 1. The van der Waals surface area contributed by atoms with Gasteiger partial charge in [-0.1, -0.05) is 29.5 Å². The lowest BCUT2D eigenvalue weighted by Crippen LogP contribution is -2.02. The van der Waals surface area contributed by atoms with Crippen LogP contribution in [0.4, 0.5) is 0 Å². The molecule has 0 unspecified atom stereocenters. The van der Waals surface area contributed by atoms with E-state index in [2.05, 4.69) is 0 Å². The lowest BCUT2D eigenvalue weighted by Gasteiger charge is -2.00. The number of hydrogen-bond acceptors (Lipinski definition) is 4. The summed E-state index contributed by atoms with van der Waals surface area (Å²) in [4.78, 5) is 13.5. The summed E-state index contributed by atoms with van der Waals surface area (Å²) in [5.41, 5.74) is 1.60. The maximum atomic E-state index is 12.4. The van der Waals surface area contributed by atoms with Crippen LogP contribution < -0.4 is 0 Å². The summed E-state index contributed by atoms with van der Waals surface area (Å²) < 4.78 is 0.950. The Balaban J connectivity index is 2.02. The molecule has 0 saturated carbocycles. The van der Waals surface area contributed by atoms with Gasteiger partial charge < -0.3 is 5.11 Å². The topological polar surface area (TPSA) is 37.3 Å². The predicted molar refractivity (Wildman–Crippen MR) is 80.6 cm³/mol. The van der Waals surface area contributed by atoms with Crippen LogP contribution in [-0.4, -0.2) is 10.9 Å². The molecule has 2 heterocycles. The molecule has 0 atom stereocenters. The minimum Gasteiger partial charge on any atom is -0.499 e. The first-order chi connectivity index (χ1) is 9.16. The molecular formula is C15H12O2S2. The first-order valence-corrected chi connectivity index (χ1v) is 7.63. The van der Waals surface area contributed by atoms with Crippen LogP contribution in [0.25, 0.3) is 10.1 Å². The average Bonchev–Trinajstić information content (AvgIpc) is 2.92. The van der Waals surface area contributed by atoms with Gasteiger partial charge in [-0.2, -0.15) is 0 Å². The molecule has 19 heavy (non-hydrogen) atoms. The number of thiophene rings is 2. The van der Waals surface area contributed by atoms with E-state index in [1.165, 1.54) is 11.3 Å². The number of rotatable bonds is 3. The second kappa shape index (κ2) is 4.79. The number of carbonyl (C=O) groups excluding carboxylic acids is 1. The third-order valence-electron chi connectivity index (χ3n) is 3.15. The zero-order valence-electron chi connectivity index (χ0n) is 10.3. The zero-order valence-corrected chi connectivity index (χ0v) is 12.0. The Bertz CT molecular complexity index is 752. The van der Waals surface area contributed by atoms with Gasteiger partial charge in [-0.3, -0.25) is 4.79 Å². The number of hydrogen-bond donors (Lipinski definition) is 1. The molecule has 3 rings (SSSR count). The quantitative estimate of drug-likeness (QED) is 0.725. The van der Waals surface area contributed by atoms with Gasteiger partial charge in [0.25, 0.3) is 0 Å². The van der Waals surface area contributed by atoms with Gasteiger partial charge in [-0.25, -0.2) is 0 Å². The van der Waals surface area contributed by atoms with Gasteiger partial charge in [0.15, 0.2) is 10.8 Å². The Morgan fingerprint density at radius 1 is 1.26 bits per heavy atom. The molecule has 0 aliphatic rings. The highest BCUT2D eigenvalue weighted by molar-refractivity contribution is 7.21.